The van der Waals surface area contributed by atoms with E-state index in [2.05, 4.69) is 27.6 Å². The Kier molecular flexibility index (Phi) is 3.44. The molecule has 4 nitrogen and oxygen atoms in total. The highest BCUT2D eigenvalue weighted by atomic mass is 127. The van der Waals surface area contributed by atoms with Crippen molar-refractivity contribution in [3.63, 3.8) is 0 Å². The smallest absolute Gasteiger partial charge is 0.242 e. The maximum atomic E-state index is 8.69. The quantitative estimate of drug-likeness (QED) is 0.856. The number of aromatic nitrogens is 1. The highest BCUT2D eigenvalue weighted by Crippen LogP contribution is 2.26. The second-order valence-electron chi connectivity index (χ2n) is 3.29. The number of hydrogen-bond donors (Lipinski definition) is 1. The summed E-state index contributed by atoms with van der Waals surface area (Å²) in [6.07, 6.45) is 1.43. The molecule has 84 valence electrons. The maximum absolute atomic E-state index is 8.69. The normalized spacial score (nSPS) is 9.65. The van der Waals surface area contributed by atoms with Gasteiger partial charge in [0.2, 0.25) is 5.88 Å². The Morgan fingerprint density at radius 3 is 2.82 bits per heavy atom. The highest BCUT2D eigenvalue weighted by Gasteiger charge is 2.05. The summed E-state index contributed by atoms with van der Waals surface area (Å²) >= 11 is 2.19. The number of nitriles is 1. The van der Waals surface area contributed by atoms with Crippen molar-refractivity contribution in [3.8, 4) is 17.7 Å². The van der Waals surface area contributed by atoms with E-state index >= 15 is 0 Å². The average Bonchev–Trinajstić information content (AvgIpc) is 2.32. The summed E-state index contributed by atoms with van der Waals surface area (Å²) in [5.41, 5.74) is 6.51. The van der Waals surface area contributed by atoms with Crippen LogP contribution in [0.25, 0.3) is 0 Å². The van der Waals surface area contributed by atoms with Crippen LogP contribution in [0, 0.1) is 14.9 Å². The molecular formula is C12H8IN3O. The molecular weight excluding hydrogens is 329 g/mol. The van der Waals surface area contributed by atoms with Gasteiger partial charge in [-0.15, -0.1) is 0 Å². The molecule has 0 saturated heterocycles. The third-order valence-corrected chi connectivity index (χ3v) is 2.69. The summed E-state index contributed by atoms with van der Waals surface area (Å²) in [5.74, 6) is 0.979. The molecule has 0 saturated carbocycles. The lowest BCUT2D eigenvalue weighted by Gasteiger charge is -2.07. The van der Waals surface area contributed by atoms with Crippen molar-refractivity contribution in [3.05, 3.63) is 45.7 Å². The van der Waals surface area contributed by atoms with E-state index in [9.17, 15) is 0 Å². The van der Waals surface area contributed by atoms with Gasteiger partial charge in [-0.05, 0) is 46.9 Å². The lowest BCUT2D eigenvalue weighted by Crippen LogP contribution is -1.96. The summed E-state index contributed by atoms with van der Waals surface area (Å²) in [4.78, 5) is 4.00. The molecule has 2 aromatic rings. The van der Waals surface area contributed by atoms with Gasteiger partial charge in [-0.2, -0.15) is 5.26 Å². The molecule has 0 fully saturated rings. The van der Waals surface area contributed by atoms with Crippen molar-refractivity contribution in [1.82, 2.24) is 4.98 Å². The van der Waals surface area contributed by atoms with Crippen LogP contribution in [0.15, 0.2) is 36.5 Å². The average molecular weight is 337 g/mol. The SMILES string of the molecule is N#Cc1cnc(Oc2cccc(I)c2)c(N)c1. The molecule has 5 heteroatoms. The first-order chi connectivity index (χ1) is 8.19. The number of pyridine rings is 1. The molecule has 0 radical (unpaired) electrons. The van der Waals surface area contributed by atoms with Crippen LogP contribution in [0.3, 0.4) is 0 Å². The van der Waals surface area contributed by atoms with Crippen LogP contribution in [0.1, 0.15) is 5.56 Å². The largest absolute Gasteiger partial charge is 0.437 e. The van der Waals surface area contributed by atoms with E-state index in [4.69, 9.17) is 15.7 Å². The Morgan fingerprint density at radius 2 is 2.18 bits per heavy atom. The highest BCUT2D eigenvalue weighted by molar-refractivity contribution is 14.1. The molecule has 1 aromatic carbocycles. The second-order valence-corrected chi connectivity index (χ2v) is 4.54. The fourth-order valence-corrected chi connectivity index (χ4v) is 1.77. The molecule has 1 heterocycles. The zero-order chi connectivity index (χ0) is 12.3. The lowest BCUT2D eigenvalue weighted by atomic mass is 10.3. The molecule has 0 aliphatic rings. The molecule has 0 amide bonds. The monoisotopic (exact) mass is 337 g/mol. The van der Waals surface area contributed by atoms with Crippen LogP contribution in [-0.2, 0) is 0 Å². The van der Waals surface area contributed by atoms with Crippen molar-refractivity contribution < 1.29 is 4.74 Å². The third kappa shape index (κ3) is 2.85. The van der Waals surface area contributed by atoms with Crippen LogP contribution < -0.4 is 10.5 Å². The number of nitrogen functional groups attached to an aromatic ring is 1. The number of halogens is 1. The van der Waals surface area contributed by atoms with E-state index in [0.29, 0.717) is 22.9 Å². The van der Waals surface area contributed by atoms with Gasteiger partial charge in [0, 0.05) is 9.77 Å². The molecule has 1 aromatic heterocycles. The molecule has 0 aliphatic heterocycles. The van der Waals surface area contributed by atoms with Gasteiger partial charge in [-0.1, -0.05) is 6.07 Å². The number of nitrogens with two attached hydrogens (primary N) is 1. The molecule has 2 rings (SSSR count). The van der Waals surface area contributed by atoms with Crippen molar-refractivity contribution in [2.75, 3.05) is 5.73 Å². The minimum Gasteiger partial charge on any atom is -0.437 e. The van der Waals surface area contributed by atoms with Gasteiger partial charge >= 0.3 is 0 Å². The van der Waals surface area contributed by atoms with E-state index in [1.54, 1.807) is 0 Å². The van der Waals surface area contributed by atoms with Gasteiger partial charge in [0.1, 0.15) is 11.8 Å². The van der Waals surface area contributed by atoms with Crippen molar-refractivity contribution in [2.24, 2.45) is 0 Å². The molecule has 0 aliphatic carbocycles. The van der Waals surface area contributed by atoms with E-state index in [1.165, 1.54) is 12.3 Å². The van der Waals surface area contributed by atoms with Crippen LogP contribution in [0.5, 0.6) is 11.6 Å². The number of benzene rings is 1. The fourth-order valence-electron chi connectivity index (χ4n) is 1.26. The third-order valence-electron chi connectivity index (χ3n) is 2.02. The summed E-state index contributed by atoms with van der Waals surface area (Å²) in [6.45, 7) is 0. The van der Waals surface area contributed by atoms with Gasteiger partial charge in [0.25, 0.3) is 0 Å². The molecule has 2 N–H and O–H groups in total. The van der Waals surface area contributed by atoms with Gasteiger partial charge in [0.05, 0.1) is 11.3 Å². The topological polar surface area (TPSA) is 71.9 Å². The molecule has 0 spiro atoms. The first-order valence-electron chi connectivity index (χ1n) is 4.78. The summed E-state index contributed by atoms with van der Waals surface area (Å²) in [6, 6.07) is 11.0. The summed E-state index contributed by atoms with van der Waals surface area (Å²) in [7, 11) is 0. The van der Waals surface area contributed by atoms with Gasteiger partial charge in [-0.25, -0.2) is 4.98 Å². The predicted molar refractivity (Wildman–Crippen MR) is 72.6 cm³/mol. The Labute approximate surface area is 112 Å². The number of hydrogen-bond acceptors (Lipinski definition) is 4. The van der Waals surface area contributed by atoms with Gasteiger partial charge in [-0.3, -0.25) is 0 Å². The minimum atomic E-state index is 0.311. The minimum absolute atomic E-state index is 0.311. The number of rotatable bonds is 2. The van der Waals surface area contributed by atoms with Gasteiger partial charge in [0.15, 0.2) is 0 Å². The first kappa shape index (κ1) is 11.7. The van der Waals surface area contributed by atoms with E-state index in [0.717, 1.165) is 3.57 Å². The number of nitrogens with zero attached hydrogens (tertiary/aromatic N) is 2. The predicted octanol–water partition coefficient (Wildman–Crippen LogP) is 2.93. The molecule has 0 atom stereocenters. The van der Waals surface area contributed by atoms with E-state index < -0.39 is 0 Å². The Balaban J connectivity index is 2.28. The standard InChI is InChI=1S/C12H8IN3O/c13-9-2-1-3-10(5-9)17-12-11(15)4-8(6-14)7-16-12/h1-5,7H,15H2. The second kappa shape index (κ2) is 5.01. The van der Waals surface area contributed by atoms with E-state index in [-0.39, 0.29) is 0 Å². The summed E-state index contributed by atoms with van der Waals surface area (Å²) in [5, 5.41) is 8.69. The summed E-state index contributed by atoms with van der Waals surface area (Å²) < 4.78 is 6.60. The van der Waals surface area contributed by atoms with Crippen LogP contribution in [0.2, 0.25) is 0 Å². The molecule has 0 unspecified atom stereocenters. The Bertz CT molecular complexity index is 593. The number of ether oxygens (including phenoxy) is 1. The van der Waals surface area contributed by atoms with Gasteiger partial charge < -0.3 is 10.5 Å². The van der Waals surface area contributed by atoms with Crippen molar-refractivity contribution in [1.29, 1.82) is 5.26 Å². The van der Waals surface area contributed by atoms with Crippen LogP contribution in [0.4, 0.5) is 5.69 Å². The lowest BCUT2D eigenvalue weighted by molar-refractivity contribution is 0.465. The fraction of sp³-hybridized carbons (Fsp3) is 0. The Hall–Kier alpha value is -1.81. The molecule has 17 heavy (non-hydrogen) atoms. The maximum Gasteiger partial charge on any atom is 0.242 e. The zero-order valence-corrected chi connectivity index (χ0v) is 10.9. The van der Waals surface area contributed by atoms with Crippen LogP contribution in [-0.4, -0.2) is 4.98 Å². The first-order valence-corrected chi connectivity index (χ1v) is 5.86. The molecule has 0 bridgehead atoms. The Morgan fingerprint density at radius 1 is 1.35 bits per heavy atom. The van der Waals surface area contributed by atoms with Crippen molar-refractivity contribution in [2.45, 2.75) is 0 Å². The zero-order valence-electron chi connectivity index (χ0n) is 8.72. The van der Waals surface area contributed by atoms with E-state index in [1.807, 2.05) is 30.3 Å². The number of anilines is 1. The van der Waals surface area contributed by atoms with Crippen LogP contribution >= 0.6 is 22.6 Å². The van der Waals surface area contributed by atoms with Crippen molar-refractivity contribution >= 4 is 28.3 Å².